The van der Waals surface area contributed by atoms with Crippen molar-refractivity contribution < 1.29 is 14.3 Å². The van der Waals surface area contributed by atoms with Crippen LogP contribution in [0.3, 0.4) is 0 Å². The number of carbonyl (C=O) groups excluding carboxylic acids is 1. The fourth-order valence-corrected chi connectivity index (χ4v) is 4.05. The van der Waals surface area contributed by atoms with Crippen LogP contribution in [0, 0.1) is 0 Å². The summed E-state index contributed by atoms with van der Waals surface area (Å²) in [7, 11) is 8.99. The van der Waals surface area contributed by atoms with E-state index in [9.17, 15) is 4.79 Å². The van der Waals surface area contributed by atoms with Gasteiger partial charge in [-0.05, 0) is 38.4 Å². The zero-order chi connectivity index (χ0) is 27.1. The van der Waals surface area contributed by atoms with Crippen molar-refractivity contribution in [3.05, 3.63) is 53.3 Å². The quantitative estimate of drug-likeness (QED) is 0.331. The normalized spacial score (nSPS) is 10.7. The molecule has 1 amide bonds. The van der Waals surface area contributed by atoms with E-state index in [1.54, 1.807) is 25.3 Å². The molecule has 0 spiro atoms. The molecule has 37 heavy (non-hydrogen) atoms. The summed E-state index contributed by atoms with van der Waals surface area (Å²) in [6, 6.07) is 6.91. The summed E-state index contributed by atoms with van der Waals surface area (Å²) >= 11 is 12.6. The Balaban J connectivity index is 1.99. The van der Waals surface area contributed by atoms with E-state index in [0.717, 1.165) is 18.8 Å². The summed E-state index contributed by atoms with van der Waals surface area (Å²) in [5.74, 6) is 1.16. The second kappa shape index (κ2) is 12.6. The molecule has 3 rings (SSSR count). The zero-order valence-corrected chi connectivity index (χ0v) is 22.8. The van der Waals surface area contributed by atoms with Crippen LogP contribution in [-0.2, 0) is 4.79 Å². The maximum absolute atomic E-state index is 12.2. The van der Waals surface area contributed by atoms with Gasteiger partial charge >= 0.3 is 0 Å². The smallest absolute Gasteiger partial charge is 0.247 e. The van der Waals surface area contributed by atoms with E-state index in [1.807, 2.05) is 32.1 Å². The number of likely N-dealkylation sites (N-methyl/N-ethyl adjacent to an activating group) is 2. The van der Waals surface area contributed by atoms with Crippen LogP contribution >= 0.6 is 23.2 Å². The number of nitrogens with zero attached hydrogens (tertiary/aromatic N) is 5. The molecule has 10 nitrogen and oxygen atoms in total. The van der Waals surface area contributed by atoms with Gasteiger partial charge in [-0.3, -0.25) is 4.79 Å². The van der Waals surface area contributed by atoms with Gasteiger partial charge in [0, 0.05) is 31.8 Å². The molecule has 1 aromatic heterocycles. The third kappa shape index (κ3) is 7.00. The van der Waals surface area contributed by atoms with Crippen molar-refractivity contribution in [1.82, 2.24) is 19.9 Å². The largest absolute Gasteiger partial charge is 0.494 e. The third-order valence-corrected chi connectivity index (χ3v) is 5.90. The van der Waals surface area contributed by atoms with Crippen LogP contribution < -0.4 is 25.0 Å². The number of aromatic nitrogens is 3. The van der Waals surface area contributed by atoms with Crippen molar-refractivity contribution in [2.75, 3.05) is 64.0 Å². The number of nitrogens with one attached hydrogen (secondary N) is 2. The molecule has 196 valence electrons. The number of hydrogen-bond acceptors (Lipinski definition) is 9. The maximum Gasteiger partial charge on any atom is 0.247 e. The summed E-state index contributed by atoms with van der Waals surface area (Å²) in [6.45, 7) is 5.10. The van der Waals surface area contributed by atoms with E-state index >= 15 is 0 Å². The second-order valence-electron chi connectivity index (χ2n) is 8.22. The van der Waals surface area contributed by atoms with Gasteiger partial charge in [-0.25, -0.2) is 9.97 Å². The first-order valence-electron chi connectivity index (χ1n) is 11.2. The minimum Gasteiger partial charge on any atom is -0.494 e. The molecule has 0 unspecified atom stereocenters. The number of anilines is 4. The van der Waals surface area contributed by atoms with Crippen molar-refractivity contribution in [1.29, 1.82) is 0 Å². The average molecular weight is 546 g/mol. The molecule has 0 atom stereocenters. The van der Waals surface area contributed by atoms with Crippen molar-refractivity contribution in [3.63, 3.8) is 0 Å². The molecule has 0 saturated carbocycles. The molecule has 0 aliphatic carbocycles. The SMILES string of the molecule is C=CC(=O)Nc1cc(Nc2ncnc(-c3cc(Cl)c(OC)c(Cl)c3)n2)c(OC)cc1N(C)CCN(C)C. The first kappa shape index (κ1) is 28.0. The highest BCUT2D eigenvalue weighted by atomic mass is 35.5. The van der Waals surface area contributed by atoms with Gasteiger partial charge < -0.3 is 29.9 Å². The Hall–Kier alpha value is -3.60. The molecule has 0 fully saturated rings. The van der Waals surface area contributed by atoms with Crippen molar-refractivity contribution in [2.24, 2.45) is 0 Å². The Bertz CT molecular complexity index is 1260. The molecule has 2 N–H and O–H groups in total. The van der Waals surface area contributed by atoms with Crippen LogP contribution in [-0.4, -0.2) is 74.2 Å². The van der Waals surface area contributed by atoms with Crippen LogP contribution in [0.1, 0.15) is 0 Å². The fourth-order valence-electron chi connectivity index (χ4n) is 3.41. The Kier molecular flexibility index (Phi) is 9.51. The van der Waals surface area contributed by atoms with E-state index in [2.05, 4.69) is 37.1 Å². The summed E-state index contributed by atoms with van der Waals surface area (Å²) in [5, 5.41) is 6.68. The molecule has 0 aliphatic heterocycles. The highest BCUT2D eigenvalue weighted by Gasteiger charge is 2.17. The Morgan fingerprint density at radius 3 is 2.32 bits per heavy atom. The van der Waals surface area contributed by atoms with E-state index in [0.29, 0.717) is 44.3 Å². The number of carbonyl (C=O) groups is 1. The van der Waals surface area contributed by atoms with Gasteiger partial charge in [-0.1, -0.05) is 29.8 Å². The first-order valence-corrected chi connectivity index (χ1v) is 11.9. The summed E-state index contributed by atoms with van der Waals surface area (Å²) < 4.78 is 10.8. The molecule has 0 bridgehead atoms. The Labute approximate surface area is 226 Å². The molecule has 12 heteroatoms. The fraction of sp³-hybridized carbons (Fsp3) is 0.280. The molecular weight excluding hydrogens is 517 g/mol. The molecule has 0 radical (unpaired) electrons. The minimum absolute atomic E-state index is 0.251. The van der Waals surface area contributed by atoms with Gasteiger partial charge in [-0.2, -0.15) is 4.98 Å². The predicted octanol–water partition coefficient (Wildman–Crippen LogP) is 4.73. The van der Waals surface area contributed by atoms with Crippen LogP contribution in [0.4, 0.5) is 23.0 Å². The molecule has 2 aromatic carbocycles. The van der Waals surface area contributed by atoms with Crippen LogP contribution in [0.5, 0.6) is 11.5 Å². The van der Waals surface area contributed by atoms with Crippen LogP contribution in [0.15, 0.2) is 43.2 Å². The average Bonchev–Trinajstić information content (AvgIpc) is 2.87. The lowest BCUT2D eigenvalue weighted by Gasteiger charge is -2.26. The number of halogens is 2. The van der Waals surface area contributed by atoms with Crippen molar-refractivity contribution in [2.45, 2.75) is 0 Å². The second-order valence-corrected chi connectivity index (χ2v) is 9.03. The van der Waals surface area contributed by atoms with Crippen molar-refractivity contribution >= 4 is 52.1 Å². The van der Waals surface area contributed by atoms with Gasteiger partial charge in [0.1, 0.15) is 12.1 Å². The zero-order valence-electron chi connectivity index (χ0n) is 21.3. The van der Waals surface area contributed by atoms with Gasteiger partial charge in [0.15, 0.2) is 11.6 Å². The standard InChI is InChI=1S/C25H29Cl2N7O3/c1-7-22(35)30-18-12-19(21(36-5)13-20(18)34(4)9-8-33(2)3)31-25-29-14-28-24(32-25)15-10-16(26)23(37-6)17(27)11-15/h7,10-14H,1,8-9H2,2-6H3,(H,30,35)(H,28,29,31,32). The number of hydrogen-bond donors (Lipinski definition) is 2. The third-order valence-electron chi connectivity index (χ3n) is 5.33. The Morgan fingerprint density at radius 1 is 1.03 bits per heavy atom. The molecule has 0 saturated heterocycles. The van der Waals surface area contributed by atoms with E-state index in [-0.39, 0.29) is 11.9 Å². The highest BCUT2D eigenvalue weighted by molar-refractivity contribution is 6.37. The lowest BCUT2D eigenvalue weighted by molar-refractivity contribution is -0.111. The van der Waals surface area contributed by atoms with Gasteiger partial charge in [0.2, 0.25) is 11.9 Å². The highest BCUT2D eigenvalue weighted by Crippen LogP contribution is 2.39. The molecule has 1 heterocycles. The predicted molar refractivity (Wildman–Crippen MR) is 149 cm³/mol. The number of amides is 1. The van der Waals surface area contributed by atoms with E-state index in [4.69, 9.17) is 32.7 Å². The summed E-state index contributed by atoms with van der Waals surface area (Å²) in [5.41, 5.74) is 2.47. The first-order chi connectivity index (χ1) is 17.7. The topological polar surface area (TPSA) is 105 Å². The lowest BCUT2D eigenvalue weighted by atomic mass is 10.2. The number of ether oxygens (including phenoxy) is 2. The lowest BCUT2D eigenvalue weighted by Crippen LogP contribution is -2.29. The monoisotopic (exact) mass is 545 g/mol. The van der Waals surface area contributed by atoms with Gasteiger partial charge in [-0.15, -0.1) is 0 Å². The van der Waals surface area contributed by atoms with Crippen LogP contribution in [0.25, 0.3) is 11.4 Å². The van der Waals surface area contributed by atoms with E-state index < -0.39 is 0 Å². The van der Waals surface area contributed by atoms with Crippen LogP contribution in [0.2, 0.25) is 10.0 Å². The summed E-state index contributed by atoms with van der Waals surface area (Å²) in [4.78, 5) is 29.3. The van der Waals surface area contributed by atoms with Crippen molar-refractivity contribution in [3.8, 4) is 22.9 Å². The molecular formula is C25H29Cl2N7O3. The number of methoxy groups -OCH3 is 2. The number of benzene rings is 2. The Morgan fingerprint density at radius 2 is 1.73 bits per heavy atom. The summed E-state index contributed by atoms with van der Waals surface area (Å²) in [6.07, 6.45) is 2.58. The van der Waals surface area contributed by atoms with E-state index in [1.165, 1.54) is 19.5 Å². The maximum atomic E-state index is 12.2. The molecule has 3 aromatic rings. The molecule has 0 aliphatic rings. The minimum atomic E-state index is -0.339. The van der Waals surface area contributed by atoms with Gasteiger partial charge in [0.25, 0.3) is 0 Å². The van der Waals surface area contributed by atoms with Gasteiger partial charge in [0.05, 0.1) is 41.3 Å². The number of rotatable bonds is 11.